The van der Waals surface area contributed by atoms with Crippen molar-refractivity contribution in [2.24, 2.45) is 0 Å². The van der Waals surface area contributed by atoms with Crippen LogP contribution in [-0.4, -0.2) is 21.3 Å². The van der Waals surface area contributed by atoms with Gasteiger partial charge in [0.15, 0.2) is 0 Å². The summed E-state index contributed by atoms with van der Waals surface area (Å²) >= 11 is 0. The van der Waals surface area contributed by atoms with Gasteiger partial charge in [-0.3, -0.25) is 4.79 Å². The lowest BCUT2D eigenvalue weighted by Gasteiger charge is -1.94. The van der Waals surface area contributed by atoms with Crippen LogP contribution in [0.15, 0.2) is 27.2 Å². The Morgan fingerprint density at radius 3 is 2.63 bits per heavy atom. The van der Waals surface area contributed by atoms with E-state index in [1.165, 1.54) is 0 Å². The monoisotopic (exact) mass is 264 g/mol. The van der Waals surface area contributed by atoms with Crippen LogP contribution in [0, 0.1) is 0 Å². The molecule has 0 amide bonds. The molecule has 0 aromatic carbocycles. The van der Waals surface area contributed by atoms with Gasteiger partial charge in [-0.15, -0.1) is 10.2 Å². The van der Waals surface area contributed by atoms with E-state index in [9.17, 15) is 4.79 Å². The van der Waals surface area contributed by atoms with Crippen molar-refractivity contribution in [3.05, 3.63) is 35.9 Å². The molecule has 6 nitrogen and oxygen atoms in total. The van der Waals surface area contributed by atoms with Gasteiger partial charge in [0.25, 0.3) is 0 Å². The molecule has 0 aliphatic heterocycles. The lowest BCUT2D eigenvalue weighted by atomic mass is 10.2. The van der Waals surface area contributed by atoms with Gasteiger partial charge >= 0.3 is 5.97 Å². The van der Waals surface area contributed by atoms with Gasteiger partial charge in [-0.1, -0.05) is 0 Å². The molecule has 19 heavy (non-hydrogen) atoms. The van der Waals surface area contributed by atoms with E-state index < -0.39 is 5.97 Å². The van der Waals surface area contributed by atoms with Crippen molar-refractivity contribution in [3.8, 4) is 0 Å². The maximum Gasteiger partial charge on any atom is 0.303 e. The van der Waals surface area contributed by atoms with Crippen molar-refractivity contribution in [2.45, 2.75) is 38.5 Å². The highest BCUT2D eigenvalue weighted by atomic mass is 16.4. The molecule has 0 saturated heterocycles. The third-order valence-corrected chi connectivity index (χ3v) is 2.71. The molecule has 0 aliphatic rings. The van der Waals surface area contributed by atoms with Crippen LogP contribution < -0.4 is 0 Å². The Morgan fingerprint density at radius 1 is 1.16 bits per heavy atom. The van der Waals surface area contributed by atoms with Crippen molar-refractivity contribution in [1.29, 1.82) is 0 Å². The first-order chi connectivity index (χ1) is 9.24. The molecule has 2 rings (SSSR count). The molecule has 0 aliphatic carbocycles. The number of hydrogen-bond donors (Lipinski definition) is 1. The van der Waals surface area contributed by atoms with Crippen molar-refractivity contribution >= 4 is 5.97 Å². The molecule has 0 saturated carbocycles. The van der Waals surface area contributed by atoms with Gasteiger partial charge in [0, 0.05) is 25.7 Å². The smallest absolute Gasteiger partial charge is 0.303 e. The highest BCUT2D eigenvalue weighted by Gasteiger charge is 2.07. The van der Waals surface area contributed by atoms with E-state index in [2.05, 4.69) is 10.2 Å². The second kappa shape index (κ2) is 6.72. The normalized spacial score (nSPS) is 10.7. The maximum atomic E-state index is 10.4. The lowest BCUT2D eigenvalue weighted by Crippen LogP contribution is -1.95. The fraction of sp³-hybridized carbons (Fsp3) is 0.462. The second-order valence-corrected chi connectivity index (χ2v) is 4.27. The number of carbonyl (C=O) groups is 1. The van der Waals surface area contributed by atoms with Crippen LogP contribution >= 0.6 is 0 Å². The first-order valence-corrected chi connectivity index (χ1v) is 6.29. The fourth-order valence-electron chi connectivity index (χ4n) is 1.73. The zero-order valence-corrected chi connectivity index (χ0v) is 10.5. The number of aryl methyl sites for hydroxylation is 3. The summed E-state index contributed by atoms with van der Waals surface area (Å²) < 4.78 is 10.7. The second-order valence-electron chi connectivity index (χ2n) is 4.27. The molecule has 1 N–H and O–H groups in total. The maximum absolute atomic E-state index is 10.4. The predicted molar refractivity (Wildman–Crippen MR) is 65.6 cm³/mol. The number of aliphatic carboxylic acids is 1. The molecule has 0 unspecified atom stereocenters. The Morgan fingerprint density at radius 2 is 1.95 bits per heavy atom. The van der Waals surface area contributed by atoms with Gasteiger partial charge in [-0.2, -0.15) is 0 Å². The van der Waals surface area contributed by atoms with E-state index in [0.29, 0.717) is 31.0 Å². The van der Waals surface area contributed by atoms with Crippen LogP contribution in [0.3, 0.4) is 0 Å². The summed E-state index contributed by atoms with van der Waals surface area (Å²) in [6, 6.07) is 3.75. The number of carboxylic acids is 1. The number of carboxylic acid groups (broad SMARTS) is 1. The largest absolute Gasteiger partial charge is 0.481 e. The summed E-state index contributed by atoms with van der Waals surface area (Å²) in [4.78, 5) is 10.4. The number of nitrogens with zero attached hydrogens (tertiary/aromatic N) is 2. The van der Waals surface area contributed by atoms with Gasteiger partial charge in [-0.05, 0) is 25.0 Å². The van der Waals surface area contributed by atoms with Crippen molar-refractivity contribution < 1.29 is 18.7 Å². The minimum absolute atomic E-state index is 0.180. The Kier molecular flexibility index (Phi) is 4.72. The quantitative estimate of drug-likeness (QED) is 0.735. The Labute approximate surface area is 110 Å². The topological polar surface area (TPSA) is 89.4 Å². The molecule has 0 spiro atoms. The van der Waals surface area contributed by atoms with Crippen molar-refractivity contribution in [3.63, 3.8) is 0 Å². The van der Waals surface area contributed by atoms with Crippen LogP contribution in [0.5, 0.6) is 0 Å². The first kappa shape index (κ1) is 13.3. The number of hydrogen-bond acceptors (Lipinski definition) is 5. The Bertz CT molecular complexity index is 504. The molecule has 2 aromatic heterocycles. The molecular formula is C13H16N2O4. The summed E-state index contributed by atoms with van der Waals surface area (Å²) in [7, 11) is 0. The summed E-state index contributed by atoms with van der Waals surface area (Å²) in [5.41, 5.74) is 0. The summed E-state index contributed by atoms with van der Waals surface area (Å²) in [6.45, 7) is 0. The van der Waals surface area contributed by atoms with E-state index in [1.807, 2.05) is 12.1 Å². The molecule has 2 aromatic rings. The van der Waals surface area contributed by atoms with Crippen LogP contribution in [0.1, 0.15) is 36.8 Å². The van der Waals surface area contributed by atoms with Crippen LogP contribution in [0.2, 0.25) is 0 Å². The molecule has 2 heterocycles. The number of rotatable bonds is 8. The molecule has 0 radical (unpaired) electrons. The van der Waals surface area contributed by atoms with Gasteiger partial charge in [0.2, 0.25) is 11.8 Å². The van der Waals surface area contributed by atoms with Gasteiger partial charge < -0.3 is 13.9 Å². The van der Waals surface area contributed by atoms with Crippen LogP contribution in [-0.2, 0) is 24.1 Å². The zero-order chi connectivity index (χ0) is 13.5. The van der Waals surface area contributed by atoms with Crippen molar-refractivity contribution in [2.75, 3.05) is 0 Å². The molecule has 102 valence electrons. The third kappa shape index (κ3) is 4.57. The number of unbranched alkanes of at least 4 members (excludes halogenated alkanes) is 1. The molecular weight excluding hydrogens is 248 g/mol. The Hall–Kier alpha value is -2.11. The Balaban J connectivity index is 1.71. The van der Waals surface area contributed by atoms with E-state index >= 15 is 0 Å². The highest BCUT2D eigenvalue weighted by molar-refractivity contribution is 5.66. The van der Waals surface area contributed by atoms with Crippen LogP contribution in [0.25, 0.3) is 0 Å². The average Bonchev–Trinajstić information content (AvgIpc) is 3.03. The zero-order valence-electron chi connectivity index (χ0n) is 10.5. The molecule has 0 fully saturated rings. The van der Waals surface area contributed by atoms with Crippen LogP contribution in [0.4, 0.5) is 0 Å². The van der Waals surface area contributed by atoms with E-state index in [4.69, 9.17) is 13.9 Å². The minimum atomic E-state index is -0.773. The number of furan rings is 1. The molecule has 6 heteroatoms. The lowest BCUT2D eigenvalue weighted by molar-refractivity contribution is -0.137. The summed E-state index contributed by atoms with van der Waals surface area (Å²) in [5, 5.41) is 16.4. The van der Waals surface area contributed by atoms with Gasteiger partial charge in [0.1, 0.15) is 5.76 Å². The standard InChI is InChI=1S/C13H16N2O4/c16-13(17)6-2-1-5-11-14-15-12(19-11)8-7-10-4-3-9-18-10/h3-4,9H,1-2,5-8H2,(H,16,17). The SMILES string of the molecule is O=C(O)CCCCc1nnc(CCc2ccco2)o1. The molecule has 0 bridgehead atoms. The first-order valence-electron chi connectivity index (χ1n) is 6.29. The summed E-state index contributed by atoms with van der Waals surface area (Å²) in [5.74, 6) is 1.27. The molecule has 0 atom stereocenters. The van der Waals surface area contributed by atoms with E-state index in [0.717, 1.165) is 18.6 Å². The average molecular weight is 264 g/mol. The fourth-order valence-corrected chi connectivity index (χ4v) is 1.73. The van der Waals surface area contributed by atoms with Gasteiger partial charge in [-0.25, -0.2) is 0 Å². The summed E-state index contributed by atoms with van der Waals surface area (Å²) in [6.07, 6.45) is 5.19. The minimum Gasteiger partial charge on any atom is -0.481 e. The van der Waals surface area contributed by atoms with E-state index in [-0.39, 0.29) is 6.42 Å². The number of aromatic nitrogens is 2. The third-order valence-electron chi connectivity index (χ3n) is 2.71. The predicted octanol–water partition coefficient (Wildman–Crippen LogP) is 2.25. The van der Waals surface area contributed by atoms with E-state index in [1.54, 1.807) is 6.26 Å². The van der Waals surface area contributed by atoms with Gasteiger partial charge in [0.05, 0.1) is 6.26 Å². The van der Waals surface area contributed by atoms with Crippen molar-refractivity contribution in [1.82, 2.24) is 10.2 Å². The highest BCUT2D eigenvalue weighted by Crippen LogP contribution is 2.09.